The maximum atomic E-state index is 11.6. The number of rotatable bonds is 0. The summed E-state index contributed by atoms with van der Waals surface area (Å²) in [6, 6.07) is 0. The molecule has 6 nitrogen and oxygen atoms in total. The minimum absolute atomic E-state index is 0. The summed E-state index contributed by atoms with van der Waals surface area (Å²) < 4.78 is 2.80. The maximum absolute atomic E-state index is 11.6. The molecule has 0 aliphatic heterocycles. The first kappa shape index (κ1) is 13.6. The number of aromatic nitrogens is 4. The molecule has 0 N–H and O–H groups in total. The molecule has 0 aromatic carbocycles. The number of hydrogen-bond donors (Lipinski definition) is 0. The molecule has 15 heavy (non-hydrogen) atoms. The van der Waals surface area contributed by atoms with Gasteiger partial charge in [0, 0.05) is 25.3 Å². The monoisotopic (exact) mass is 344 g/mol. The van der Waals surface area contributed by atoms with Gasteiger partial charge < -0.3 is 9.97 Å². The van der Waals surface area contributed by atoms with Crippen LogP contribution in [0.2, 0.25) is 0 Å². The van der Waals surface area contributed by atoms with Crippen LogP contribution in [0.1, 0.15) is 0 Å². The minimum atomic E-state index is -0.404. The molecule has 0 aliphatic carbocycles. The summed E-state index contributed by atoms with van der Waals surface area (Å²) in [5.74, 6) is 0. The Hall–Kier alpha value is 0.516. The van der Waals surface area contributed by atoms with Gasteiger partial charge >= 0.3 is 57.1 Å². The van der Waals surface area contributed by atoms with Gasteiger partial charge in [-0.05, 0) is 3.83 Å². The molecule has 0 spiro atoms. The molecule has 74 valence electrons. The van der Waals surface area contributed by atoms with Gasteiger partial charge in [0.2, 0.25) is 0 Å². The van der Waals surface area contributed by atoms with Crippen LogP contribution in [0.3, 0.4) is 0 Å². The van der Waals surface area contributed by atoms with Gasteiger partial charge in [-0.25, -0.2) is 4.79 Å². The van der Waals surface area contributed by atoms with E-state index < -0.39 is 5.56 Å². The largest absolute Gasteiger partial charge is 1.00 e. The second-order valence-electron chi connectivity index (χ2n) is 2.87. The van der Waals surface area contributed by atoms with E-state index in [9.17, 15) is 9.59 Å². The van der Waals surface area contributed by atoms with Crippen molar-refractivity contribution in [2.45, 2.75) is 0 Å². The third-order valence-electron chi connectivity index (χ3n) is 2.01. The van der Waals surface area contributed by atoms with Crippen LogP contribution >= 0.6 is 22.6 Å². The molecule has 2 aromatic heterocycles. The Morgan fingerprint density at radius 3 is 2.47 bits per heavy atom. The smallest absolute Gasteiger partial charge is 0.425 e. The first-order chi connectivity index (χ1) is 6.52. The summed E-state index contributed by atoms with van der Waals surface area (Å²) in [5.41, 5.74) is -0.223. The zero-order valence-corrected chi connectivity index (χ0v) is 13.8. The zero-order valence-electron chi connectivity index (χ0n) is 8.48. The standard InChI is InChI=1S/C7H7IN4O2.K/c1-11-4-3(9-6(8)10-4)5(13)12(2)7(11)14;/h1-2H3,(H,9,10,13);/q;+1/p-1. The van der Waals surface area contributed by atoms with Gasteiger partial charge in [-0.1, -0.05) is 22.6 Å². The van der Waals surface area contributed by atoms with Crippen molar-refractivity contribution in [2.24, 2.45) is 14.1 Å². The summed E-state index contributed by atoms with van der Waals surface area (Å²) >= 11 is 1.90. The van der Waals surface area contributed by atoms with E-state index in [2.05, 4.69) is 9.97 Å². The third-order valence-corrected chi connectivity index (χ3v) is 2.50. The number of halogens is 1. The molecular formula is C7H6IKN4O2. The van der Waals surface area contributed by atoms with Crippen LogP contribution in [-0.2, 0) is 14.1 Å². The first-order valence-corrected chi connectivity index (χ1v) is 4.86. The Morgan fingerprint density at radius 2 is 1.87 bits per heavy atom. The Labute approximate surface area is 141 Å². The molecule has 0 saturated carbocycles. The molecule has 0 unspecified atom stereocenters. The number of imidazole rings is 1. The van der Waals surface area contributed by atoms with Crippen LogP contribution in [-0.4, -0.2) is 14.1 Å². The van der Waals surface area contributed by atoms with Gasteiger partial charge in [-0.3, -0.25) is 13.9 Å². The van der Waals surface area contributed by atoms with E-state index in [1.54, 1.807) is 7.05 Å². The van der Waals surface area contributed by atoms with Crippen LogP contribution < -0.4 is 67.6 Å². The van der Waals surface area contributed by atoms with Crippen LogP contribution in [0, 0.1) is 3.83 Å². The number of nitrogens with zero attached hydrogens (tertiary/aromatic N) is 4. The number of aryl methyl sites for hydroxylation is 1. The fourth-order valence-corrected chi connectivity index (χ4v) is 1.72. The van der Waals surface area contributed by atoms with E-state index in [1.165, 1.54) is 11.6 Å². The molecule has 2 rings (SSSR count). The molecule has 0 atom stereocenters. The van der Waals surface area contributed by atoms with E-state index in [4.69, 9.17) is 0 Å². The quantitative estimate of drug-likeness (QED) is 0.279. The van der Waals surface area contributed by atoms with E-state index in [1.807, 2.05) is 22.6 Å². The van der Waals surface area contributed by atoms with Crippen molar-refractivity contribution >= 4 is 33.8 Å². The normalized spacial score (nSPS) is 10.3. The van der Waals surface area contributed by atoms with Gasteiger partial charge in [0.1, 0.15) is 0 Å². The van der Waals surface area contributed by atoms with Crippen LogP contribution in [0.5, 0.6) is 0 Å². The molecule has 0 fully saturated rings. The van der Waals surface area contributed by atoms with Crippen molar-refractivity contribution in [2.75, 3.05) is 0 Å². The molecule has 2 aromatic rings. The van der Waals surface area contributed by atoms with Crippen molar-refractivity contribution in [3.05, 3.63) is 24.7 Å². The maximum Gasteiger partial charge on any atom is 1.00 e. The predicted molar refractivity (Wildman–Crippen MR) is 58.3 cm³/mol. The zero-order chi connectivity index (χ0) is 10.5. The Morgan fingerprint density at radius 1 is 1.27 bits per heavy atom. The van der Waals surface area contributed by atoms with E-state index in [-0.39, 0.29) is 62.6 Å². The molecule has 2 heterocycles. The average Bonchev–Trinajstić information content (AvgIpc) is 2.54. The summed E-state index contributed by atoms with van der Waals surface area (Å²) in [5, 5.41) is 0. The summed E-state index contributed by atoms with van der Waals surface area (Å²) in [4.78, 5) is 31.0. The number of hydrogen-bond acceptors (Lipinski definition) is 3. The van der Waals surface area contributed by atoms with Crippen molar-refractivity contribution < 1.29 is 51.4 Å². The van der Waals surface area contributed by atoms with Crippen LogP contribution in [0.25, 0.3) is 11.2 Å². The van der Waals surface area contributed by atoms with Crippen molar-refractivity contribution in [3.8, 4) is 0 Å². The Bertz CT molecular complexity index is 626. The summed E-state index contributed by atoms with van der Waals surface area (Å²) in [7, 11) is 2.99. The second kappa shape index (κ2) is 4.80. The van der Waals surface area contributed by atoms with E-state index in [0.717, 1.165) is 4.57 Å². The molecule has 0 amide bonds. The van der Waals surface area contributed by atoms with E-state index in [0.29, 0.717) is 9.48 Å². The van der Waals surface area contributed by atoms with Crippen LogP contribution in [0.15, 0.2) is 9.59 Å². The minimum Gasteiger partial charge on any atom is -0.425 e. The molecule has 8 heteroatoms. The fourth-order valence-electron chi connectivity index (χ4n) is 1.25. The topological polar surface area (TPSA) is 71.0 Å². The fraction of sp³-hybridized carbons (Fsp3) is 0.286. The third kappa shape index (κ3) is 2.15. The van der Waals surface area contributed by atoms with Crippen molar-refractivity contribution in [1.82, 2.24) is 19.1 Å². The van der Waals surface area contributed by atoms with E-state index >= 15 is 0 Å². The predicted octanol–water partition coefficient (Wildman–Crippen LogP) is -3.80. The molecule has 0 aliphatic rings. The van der Waals surface area contributed by atoms with Crippen molar-refractivity contribution in [1.29, 1.82) is 0 Å². The molecule has 0 saturated heterocycles. The SMILES string of the molecule is Cn1c(=O)c2[n-]c(I)nc2n(C)c1=O.[K+]. The van der Waals surface area contributed by atoms with Crippen molar-refractivity contribution in [3.63, 3.8) is 0 Å². The van der Waals surface area contributed by atoms with Gasteiger partial charge in [0.05, 0.1) is 0 Å². The van der Waals surface area contributed by atoms with Gasteiger partial charge in [-0.15, -0.1) is 0 Å². The first-order valence-electron chi connectivity index (χ1n) is 3.78. The summed E-state index contributed by atoms with van der Waals surface area (Å²) in [6.45, 7) is 0. The second-order valence-corrected chi connectivity index (χ2v) is 3.84. The summed E-state index contributed by atoms with van der Waals surface area (Å²) in [6.07, 6.45) is 0. The Balaban J connectivity index is 0.00000112. The van der Waals surface area contributed by atoms with Crippen LogP contribution in [0.4, 0.5) is 0 Å². The average molecular weight is 344 g/mol. The number of fused-ring (bicyclic) bond motifs is 1. The van der Waals surface area contributed by atoms with Gasteiger partial charge in [0.15, 0.2) is 0 Å². The van der Waals surface area contributed by atoms with Gasteiger partial charge in [0.25, 0.3) is 5.56 Å². The Kier molecular flexibility index (Phi) is 4.34. The van der Waals surface area contributed by atoms with Gasteiger partial charge in [-0.2, -0.15) is 0 Å². The molecular weight excluding hydrogens is 338 g/mol. The molecule has 0 radical (unpaired) electrons. The molecule has 0 bridgehead atoms.